The summed E-state index contributed by atoms with van der Waals surface area (Å²) in [5, 5.41) is 21.5. The molecule has 0 atom stereocenters. The number of nitro benzene ring substituents is 1. The third-order valence-corrected chi connectivity index (χ3v) is 2.66. The van der Waals surface area contributed by atoms with Crippen LogP contribution in [0.4, 0.5) is 11.4 Å². The fourth-order valence-electron chi connectivity index (χ4n) is 1.60. The van der Waals surface area contributed by atoms with Crippen molar-refractivity contribution in [3.63, 3.8) is 0 Å². The molecular weight excluding hydrogens is 234 g/mol. The lowest BCUT2D eigenvalue weighted by atomic mass is 10.2. The second-order valence-corrected chi connectivity index (χ2v) is 3.97. The lowest BCUT2D eigenvalue weighted by Gasteiger charge is -2.08. The van der Waals surface area contributed by atoms with E-state index in [4.69, 9.17) is 0 Å². The van der Waals surface area contributed by atoms with Gasteiger partial charge in [0.2, 0.25) is 0 Å². The number of nitro groups is 1. The molecule has 94 valence electrons. The van der Waals surface area contributed by atoms with E-state index in [9.17, 15) is 10.1 Å². The number of aryl methyl sites for hydroxylation is 2. The molecule has 0 aliphatic carbocycles. The van der Waals surface area contributed by atoms with Gasteiger partial charge in [0, 0.05) is 24.9 Å². The monoisotopic (exact) mass is 247 g/mol. The Morgan fingerprint density at radius 1 is 1.50 bits per heavy atom. The lowest BCUT2D eigenvalue weighted by Crippen LogP contribution is -2.06. The number of hydrogen-bond donors (Lipinski definition) is 1. The first-order valence-corrected chi connectivity index (χ1v) is 5.39. The van der Waals surface area contributed by atoms with E-state index in [0.717, 1.165) is 17.1 Å². The van der Waals surface area contributed by atoms with Crippen molar-refractivity contribution in [1.82, 2.24) is 14.8 Å². The molecule has 0 fully saturated rings. The minimum absolute atomic E-state index is 0.0942. The number of hydrogen-bond acceptors (Lipinski definition) is 5. The van der Waals surface area contributed by atoms with Crippen molar-refractivity contribution in [3.05, 3.63) is 46.0 Å². The third kappa shape index (κ3) is 2.45. The van der Waals surface area contributed by atoms with Gasteiger partial charge in [-0.2, -0.15) is 0 Å². The summed E-state index contributed by atoms with van der Waals surface area (Å²) in [7, 11) is 1.86. The summed E-state index contributed by atoms with van der Waals surface area (Å²) in [4.78, 5) is 10.2. The highest BCUT2D eigenvalue weighted by Gasteiger charge is 2.08. The van der Waals surface area contributed by atoms with Gasteiger partial charge in [0.15, 0.2) is 5.82 Å². The van der Waals surface area contributed by atoms with E-state index in [2.05, 4.69) is 15.5 Å². The number of aromatic nitrogens is 3. The fraction of sp³-hybridized carbons (Fsp3) is 0.273. The quantitative estimate of drug-likeness (QED) is 0.655. The largest absolute Gasteiger partial charge is 0.378 e. The van der Waals surface area contributed by atoms with Gasteiger partial charge in [-0.3, -0.25) is 10.1 Å². The van der Waals surface area contributed by atoms with Crippen LogP contribution in [0.2, 0.25) is 0 Å². The summed E-state index contributed by atoms with van der Waals surface area (Å²) in [6, 6.07) is 4.72. The molecule has 1 aromatic carbocycles. The van der Waals surface area contributed by atoms with Crippen LogP contribution in [0.25, 0.3) is 0 Å². The maximum absolute atomic E-state index is 10.6. The zero-order chi connectivity index (χ0) is 13.1. The Morgan fingerprint density at radius 2 is 2.28 bits per heavy atom. The van der Waals surface area contributed by atoms with Gasteiger partial charge in [-0.15, -0.1) is 10.2 Å². The molecule has 0 radical (unpaired) electrons. The molecule has 0 saturated carbocycles. The van der Waals surface area contributed by atoms with Crippen molar-refractivity contribution in [2.24, 2.45) is 7.05 Å². The molecule has 0 aliphatic rings. The van der Waals surface area contributed by atoms with Crippen LogP contribution in [-0.4, -0.2) is 19.7 Å². The van der Waals surface area contributed by atoms with Gasteiger partial charge >= 0.3 is 0 Å². The first kappa shape index (κ1) is 12.0. The summed E-state index contributed by atoms with van der Waals surface area (Å²) < 4.78 is 1.81. The van der Waals surface area contributed by atoms with Crippen LogP contribution >= 0.6 is 0 Å². The van der Waals surface area contributed by atoms with E-state index in [1.165, 1.54) is 6.07 Å². The molecule has 0 spiro atoms. The Labute approximate surface area is 104 Å². The number of rotatable bonds is 4. The van der Waals surface area contributed by atoms with Crippen LogP contribution < -0.4 is 5.32 Å². The summed E-state index contributed by atoms with van der Waals surface area (Å²) in [6.45, 7) is 2.35. The molecule has 7 nitrogen and oxygen atoms in total. The molecular formula is C11H13N5O2. The summed E-state index contributed by atoms with van der Waals surface area (Å²) in [6.07, 6.45) is 1.62. The lowest BCUT2D eigenvalue weighted by molar-refractivity contribution is -0.384. The van der Waals surface area contributed by atoms with Gasteiger partial charge in [-0.05, 0) is 18.6 Å². The highest BCUT2D eigenvalue weighted by atomic mass is 16.6. The van der Waals surface area contributed by atoms with E-state index in [-0.39, 0.29) is 5.69 Å². The van der Waals surface area contributed by atoms with Crippen molar-refractivity contribution in [2.45, 2.75) is 13.5 Å². The van der Waals surface area contributed by atoms with E-state index < -0.39 is 4.92 Å². The average Bonchev–Trinajstić information content (AvgIpc) is 2.73. The van der Waals surface area contributed by atoms with Crippen molar-refractivity contribution >= 4 is 11.4 Å². The second kappa shape index (κ2) is 4.82. The summed E-state index contributed by atoms with van der Waals surface area (Å²) in [5.74, 6) is 0.799. The zero-order valence-corrected chi connectivity index (χ0v) is 10.1. The van der Waals surface area contributed by atoms with Crippen molar-refractivity contribution in [1.29, 1.82) is 0 Å². The third-order valence-electron chi connectivity index (χ3n) is 2.66. The molecule has 18 heavy (non-hydrogen) atoms. The zero-order valence-electron chi connectivity index (χ0n) is 10.1. The van der Waals surface area contributed by atoms with Gasteiger partial charge < -0.3 is 9.88 Å². The Kier molecular flexibility index (Phi) is 3.22. The minimum atomic E-state index is -0.403. The standard InChI is InChI=1S/C11H13N5O2/c1-8-5-9(16(17)18)3-4-10(8)12-6-11-14-13-7-15(11)2/h3-5,7,12H,6H2,1-2H3. The molecule has 0 bridgehead atoms. The van der Waals surface area contributed by atoms with Crippen LogP contribution in [-0.2, 0) is 13.6 Å². The SMILES string of the molecule is Cc1cc([N+](=O)[O-])ccc1NCc1nncn1C. The number of anilines is 1. The van der Waals surface area contributed by atoms with Gasteiger partial charge in [-0.25, -0.2) is 0 Å². The van der Waals surface area contributed by atoms with E-state index in [0.29, 0.717) is 6.54 Å². The number of nitrogens with one attached hydrogen (secondary N) is 1. The highest BCUT2D eigenvalue weighted by molar-refractivity contribution is 5.55. The summed E-state index contributed by atoms with van der Waals surface area (Å²) in [5.41, 5.74) is 1.77. The smallest absolute Gasteiger partial charge is 0.269 e. The molecule has 0 saturated heterocycles. The van der Waals surface area contributed by atoms with Crippen molar-refractivity contribution in [2.75, 3.05) is 5.32 Å². The molecule has 0 unspecified atom stereocenters. The number of nitrogens with zero attached hydrogens (tertiary/aromatic N) is 4. The molecule has 7 heteroatoms. The Balaban J connectivity index is 2.11. The van der Waals surface area contributed by atoms with Crippen LogP contribution in [0.5, 0.6) is 0 Å². The average molecular weight is 247 g/mol. The van der Waals surface area contributed by atoms with Crippen molar-refractivity contribution in [3.8, 4) is 0 Å². The molecule has 0 aliphatic heterocycles. The van der Waals surface area contributed by atoms with Gasteiger partial charge in [0.1, 0.15) is 6.33 Å². The van der Waals surface area contributed by atoms with Crippen LogP contribution in [0.1, 0.15) is 11.4 Å². The maximum Gasteiger partial charge on any atom is 0.269 e. The van der Waals surface area contributed by atoms with Gasteiger partial charge in [0.05, 0.1) is 11.5 Å². The molecule has 1 N–H and O–H groups in total. The summed E-state index contributed by atoms with van der Waals surface area (Å²) >= 11 is 0. The second-order valence-electron chi connectivity index (χ2n) is 3.97. The van der Waals surface area contributed by atoms with E-state index >= 15 is 0 Å². The molecule has 2 aromatic rings. The first-order chi connectivity index (χ1) is 8.58. The highest BCUT2D eigenvalue weighted by Crippen LogP contribution is 2.21. The first-order valence-electron chi connectivity index (χ1n) is 5.39. The molecule has 1 aromatic heterocycles. The van der Waals surface area contributed by atoms with Crippen LogP contribution in [0, 0.1) is 17.0 Å². The molecule has 2 rings (SSSR count). The van der Waals surface area contributed by atoms with E-state index in [1.54, 1.807) is 18.5 Å². The van der Waals surface area contributed by atoms with Gasteiger partial charge in [0.25, 0.3) is 5.69 Å². The van der Waals surface area contributed by atoms with Crippen LogP contribution in [0.3, 0.4) is 0 Å². The predicted molar refractivity (Wildman–Crippen MR) is 66.2 cm³/mol. The predicted octanol–water partition coefficient (Wildman–Crippen LogP) is 1.64. The van der Waals surface area contributed by atoms with Gasteiger partial charge in [-0.1, -0.05) is 0 Å². The Hall–Kier alpha value is -2.44. The fourth-order valence-corrected chi connectivity index (χ4v) is 1.60. The normalized spacial score (nSPS) is 10.3. The topological polar surface area (TPSA) is 85.9 Å². The Morgan fingerprint density at radius 3 is 2.83 bits per heavy atom. The minimum Gasteiger partial charge on any atom is -0.378 e. The van der Waals surface area contributed by atoms with E-state index in [1.807, 2.05) is 18.5 Å². The van der Waals surface area contributed by atoms with Crippen molar-refractivity contribution < 1.29 is 4.92 Å². The maximum atomic E-state index is 10.6. The number of benzene rings is 1. The van der Waals surface area contributed by atoms with Crippen LogP contribution in [0.15, 0.2) is 24.5 Å². The Bertz CT molecular complexity index is 579. The molecule has 0 amide bonds. The number of non-ortho nitro benzene ring substituents is 1. The molecule has 1 heterocycles.